The van der Waals surface area contributed by atoms with Gasteiger partial charge in [0.2, 0.25) is 0 Å². The van der Waals surface area contributed by atoms with Crippen LogP contribution in [0.2, 0.25) is 0 Å². The van der Waals surface area contributed by atoms with Crippen LogP contribution in [0.25, 0.3) is 0 Å². The predicted octanol–water partition coefficient (Wildman–Crippen LogP) is 2.31. The Morgan fingerprint density at radius 1 is 1.18 bits per heavy atom. The molecule has 0 bridgehead atoms. The molecule has 22 heavy (non-hydrogen) atoms. The van der Waals surface area contributed by atoms with E-state index < -0.39 is 0 Å². The van der Waals surface area contributed by atoms with Crippen molar-refractivity contribution in [3.63, 3.8) is 0 Å². The molecule has 0 aliphatic carbocycles. The lowest BCUT2D eigenvalue weighted by molar-refractivity contribution is 0.0681. The summed E-state index contributed by atoms with van der Waals surface area (Å²) in [5.74, 6) is -0.166. The minimum atomic E-state index is -0.196. The summed E-state index contributed by atoms with van der Waals surface area (Å²) in [7, 11) is 0. The Hall–Kier alpha value is -2.43. The summed E-state index contributed by atoms with van der Waals surface area (Å²) in [5, 5.41) is 4.15. The molecular weight excluding hydrogens is 278 g/mol. The van der Waals surface area contributed by atoms with Crippen molar-refractivity contribution in [2.45, 2.75) is 39.9 Å². The molecule has 1 aromatic heterocycles. The third kappa shape index (κ3) is 3.61. The van der Waals surface area contributed by atoms with Gasteiger partial charge in [0.25, 0.3) is 11.5 Å². The molecule has 0 atom stereocenters. The van der Waals surface area contributed by atoms with E-state index in [1.165, 1.54) is 16.8 Å². The van der Waals surface area contributed by atoms with Crippen molar-refractivity contribution in [3.05, 3.63) is 64.1 Å². The van der Waals surface area contributed by atoms with Crippen LogP contribution in [0.1, 0.15) is 36.8 Å². The average molecular weight is 299 g/mol. The van der Waals surface area contributed by atoms with Gasteiger partial charge < -0.3 is 4.90 Å². The van der Waals surface area contributed by atoms with E-state index in [1.54, 1.807) is 4.90 Å². The molecule has 1 heterocycles. The zero-order valence-corrected chi connectivity index (χ0v) is 13.2. The highest BCUT2D eigenvalue weighted by Crippen LogP contribution is 2.11. The lowest BCUT2D eigenvalue weighted by Crippen LogP contribution is -2.38. The number of hydrogen-bond acceptors (Lipinski definition) is 3. The highest BCUT2D eigenvalue weighted by atomic mass is 16.2. The molecule has 2 rings (SSSR count). The van der Waals surface area contributed by atoms with Crippen molar-refractivity contribution < 1.29 is 4.79 Å². The van der Waals surface area contributed by atoms with Gasteiger partial charge in [0.1, 0.15) is 5.69 Å². The zero-order chi connectivity index (χ0) is 16.1. The fraction of sp³-hybridized carbons (Fsp3) is 0.353. The van der Waals surface area contributed by atoms with E-state index >= 15 is 0 Å². The summed E-state index contributed by atoms with van der Waals surface area (Å²) in [4.78, 5) is 26.1. The van der Waals surface area contributed by atoms with Crippen LogP contribution in [0.3, 0.4) is 0 Å². The number of carbonyl (C=O) groups is 1. The number of aryl methyl sites for hydroxylation is 1. The number of amides is 1. The number of aromatic nitrogens is 2. The smallest absolute Gasteiger partial charge is 0.274 e. The Bertz CT molecular complexity index is 693. The maximum absolute atomic E-state index is 12.7. The second-order valence-electron chi connectivity index (χ2n) is 5.38. The van der Waals surface area contributed by atoms with Crippen molar-refractivity contribution in [3.8, 4) is 0 Å². The first kappa shape index (κ1) is 15.9. The molecule has 2 aromatic rings. The molecule has 0 aliphatic rings. The van der Waals surface area contributed by atoms with Crippen molar-refractivity contribution in [1.29, 1.82) is 0 Å². The average Bonchev–Trinajstić information content (AvgIpc) is 2.53. The summed E-state index contributed by atoms with van der Waals surface area (Å²) >= 11 is 0. The SMILES string of the molecule is CCn1nc(C(=O)N(Cc2ccccc2)C(C)C)ccc1=O. The van der Waals surface area contributed by atoms with E-state index in [2.05, 4.69) is 5.10 Å². The molecule has 0 saturated heterocycles. The highest BCUT2D eigenvalue weighted by Gasteiger charge is 2.21. The maximum Gasteiger partial charge on any atom is 0.274 e. The number of carbonyl (C=O) groups excluding carboxylic acids is 1. The molecule has 0 unspecified atom stereocenters. The normalized spacial score (nSPS) is 10.7. The van der Waals surface area contributed by atoms with Gasteiger partial charge in [-0.15, -0.1) is 0 Å². The van der Waals surface area contributed by atoms with E-state index in [9.17, 15) is 9.59 Å². The molecule has 0 spiro atoms. The molecule has 0 N–H and O–H groups in total. The fourth-order valence-corrected chi connectivity index (χ4v) is 2.21. The molecule has 1 aromatic carbocycles. The number of nitrogens with zero attached hydrogens (tertiary/aromatic N) is 3. The quantitative estimate of drug-likeness (QED) is 0.851. The largest absolute Gasteiger partial charge is 0.331 e. The molecule has 116 valence electrons. The molecule has 0 fully saturated rings. The minimum absolute atomic E-state index is 0.0384. The second-order valence-corrected chi connectivity index (χ2v) is 5.38. The summed E-state index contributed by atoms with van der Waals surface area (Å²) in [6, 6.07) is 12.8. The van der Waals surface area contributed by atoms with E-state index in [4.69, 9.17) is 0 Å². The number of hydrogen-bond donors (Lipinski definition) is 0. The molecule has 0 aliphatic heterocycles. The summed E-state index contributed by atoms with van der Waals surface area (Å²) in [6.45, 7) is 6.73. The van der Waals surface area contributed by atoms with Gasteiger partial charge in [-0.05, 0) is 32.4 Å². The number of rotatable bonds is 5. The first-order valence-electron chi connectivity index (χ1n) is 7.46. The standard InChI is InChI=1S/C17H21N3O2/c1-4-20-16(21)11-10-15(18-20)17(22)19(13(2)3)12-14-8-6-5-7-9-14/h5-11,13H,4,12H2,1-3H3. The van der Waals surface area contributed by atoms with Gasteiger partial charge in [0.05, 0.1) is 0 Å². The van der Waals surface area contributed by atoms with Gasteiger partial charge in [-0.2, -0.15) is 5.10 Å². The van der Waals surface area contributed by atoms with Crippen molar-refractivity contribution in [1.82, 2.24) is 14.7 Å². The zero-order valence-electron chi connectivity index (χ0n) is 13.2. The van der Waals surface area contributed by atoms with Gasteiger partial charge in [-0.3, -0.25) is 9.59 Å². The van der Waals surface area contributed by atoms with E-state index in [-0.39, 0.29) is 17.5 Å². The molecule has 1 amide bonds. The van der Waals surface area contributed by atoms with E-state index in [1.807, 2.05) is 51.1 Å². The van der Waals surface area contributed by atoms with Gasteiger partial charge in [-0.25, -0.2) is 4.68 Å². The summed E-state index contributed by atoms with van der Waals surface area (Å²) in [5.41, 5.74) is 1.16. The monoisotopic (exact) mass is 299 g/mol. The van der Waals surface area contributed by atoms with Crippen LogP contribution in [0.5, 0.6) is 0 Å². The molecule has 5 nitrogen and oxygen atoms in total. The van der Waals surface area contributed by atoms with Crippen LogP contribution in [0, 0.1) is 0 Å². The van der Waals surface area contributed by atoms with Crippen molar-refractivity contribution in [2.24, 2.45) is 0 Å². The third-order valence-corrected chi connectivity index (χ3v) is 3.47. The van der Waals surface area contributed by atoms with Crippen molar-refractivity contribution >= 4 is 5.91 Å². The Labute approximate surface area is 130 Å². The maximum atomic E-state index is 12.7. The Balaban J connectivity index is 2.28. The molecule has 0 radical (unpaired) electrons. The van der Waals surface area contributed by atoms with Gasteiger partial charge in [0, 0.05) is 25.2 Å². The second kappa shape index (κ2) is 7.02. The third-order valence-electron chi connectivity index (χ3n) is 3.47. The fourth-order valence-electron chi connectivity index (χ4n) is 2.21. The lowest BCUT2D eigenvalue weighted by atomic mass is 10.1. The number of benzene rings is 1. The van der Waals surface area contributed by atoms with E-state index in [0.717, 1.165) is 5.56 Å². The Kier molecular flexibility index (Phi) is 5.09. The minimum Gasteiger partial charge on any atom is -0.331 e. The first-order chi connectivity index (χ1) is 10.5. The van der Waals surface area contributed by atoms with Gasteiger partial charge in [-0.1, -0.05) is 30.3 Å². The highest BCUT2D eigenvalue weighted by molar-refractivity contribution is 5.92. The summed E-state index contributed by atoms with van der Waals surface area (Å²) < 4.78 is 1.30. The van der Waals surface area contributed by atoms with Crippen LogP contribution < -0.4 is 5.56 Å². The summed E-state index contributed by atoms with van der Waals surface area (Å²) in [6.07, 6.45) is 0. The van der Waals surface area contributed by atoms with Crippen LogP contribution in [-0.2, 0) is 13.1 Å². The van der Waals surface area contributed by atoms with Crippen molar-refractivity contribution in [2.75, 3.05) is 0 Å². The Morgan fingerprint density at radius 2 is 1.86 bits per heavy atom. The van der Waals surface area contributed by atoms with E-state index in [0.29, 0.717) is 18.8 Å². The Morgan fingerprint density at radius 3 is 2.45 bits per heavy atom. The molecule has 5 heteroatoms. The van der Waals surface area contributed by atoms with Crippen LogP contribution in [0.4, 0.5) is 0 Å². The topological polar surface area (TPSA) is 55.2 Å². The molecular formula is C17H21N3O2. The molecule has 0 saturated carbocycles. The van der Waals surface area contributed by atoms with Crippen LogP contribution >= 0.6 is 0 Å². The first-order valence-corrected chi connectivity index (χ1v) is 7.46. The van der Waals surface area contributed by atoms with Crippen LogP contribution in [-0.4, -0.2) is 26.6 Å². The predicted molar refractivity (Wildman–Crippen MR) is 85.6 cm³/mol. The van der Waals surface area contributed by atoms with Gasteiger partial charge >= 0.3 is 0 Å². The van der Waals surface area contributed by atoms with Gasteiger partial charge in [0.15, 0.2) is 0 Å². The van der Waals surface area contributed by atoms with Crippen LogP contribution in [0.15, 0.2) is 47.3 Å². The lowest BCUT2D eigenvalue weighted by Gasteiger charge is -2.26.